The van der Waals surface area contributed by atoms with Crippen molar-refractivity contribution in [1.82, 2.24) is 19.5 Å². The SMILES string of the molecule is c1ccc(-c2nc3cccnc3n2C2CC2)nc1. The van der Waals surface area contributed by atoms with E-state index in [1.807, 2.05) is 36.5 Å². The first kappa shape index (κ1) is 9.76. The van der Waals surface area contributed by atoms with Gasteiger partial charge in [0.2, 0.25) is 0 Å². The van der Waals surface area contributed by atoms with Crippen molar-refractivity contribution < 1.29 is 0 Å². The van der Waals surface area contributed by atoms with Crippen LogP contribution in [0.2, 0.25) is 0 Å². The highest BCUT2D eigenvalue weighted by molar-refractivity contribution is 5.76. The van der Waals surface area contributed by atoms with Crippen LogP contribution in [0.3, 0.4) is 0 Å². The number of hydrogen-bond acceptors (Lipinski definition) is 3. The molecule has 1 aliphatic rings. The third kappa shape index (κ3) is 1.42. The molecule has 0 aromatic carbocycles. The van der Waals surface area contributed by atoms with Crippen LogP contribution in [-0.2, 0) is 0 Å². The van der Waals surface area contributed by atoms with Crippen molar-refractivity contribution in [3.63, 3.8) is 0 Å². The largest absolute Gasteiger partial charge is 0.304 e. The van der Waals surface area contributed by atoms with Crippen LogP contribution in [0.15, 0.2) is 42.7 Å². The number of fused-ring (bicyclic) bond motifs is 1. The summed E-state index contributed by atoms with van der Waals surface area (Å²) in [5.74, 6) is 0.937. The van der Waals surface area contributed by atoms with Crippen molar-refractivity contribution in [3.05, 3.63) is 42.7 Å². The lowest BCUT2D eigenvalue weighted by Gasteiger charge is -2.05. The van der Waals surface area contributed by atoms with E-state index < -0.39 is 0 Å². The Morgan fingerprint density at radius 1 is 1.00 bits per heavy atom. The normalized spacial score (nSPS) is 15.1. The molecule has 3 aromatic heterocycles. The molecule has 4 nitrogen and oxygen atoms in total. The van der Waals surface area contributed by atoms with E-state index >= 15 is 0 Å². The fourth-order valence-electron chi connectivity index (χ4n) is 2.28. The minimum atomic E-state index is 0.543. The van der Waals surface area contributed by atoms with Crippen LogP contribution in [0, 0.1) is 0 Å². The third-order valence-electron chi connectivity index (χ3n) is 3.25. The first-order valence-electron chi connectivity index (χ1n) is 6.18. The molecule has 0 aliphatic heterocycles. The smallest absolute Gasteiger partial charge is 0.161 e. The van der Waals surface area contributed by atoms with E-state index in [9.17, 15) is 0 Å². The number of pyridine rings is 2. The van der Waals surface area contributed by atoms with Gasteiger partial charge in [0.1, 0.15) is 11.2 Å². The maximum Gasteiger partial charge on any atom is 0.161 e. The molecular weight excluding hydrogens is 224 g/mol. The molecule has 0 atom stereocenters. The van der Waals surface area contributed by atoms with Crippen LogP contribution >= 0.6 is 0 Å². The second kappa shape index (κ2) is 3.63. The molecule has 88 valence electrons. The van der Waals surface area contributed by atoms with Gasteiger partial charge in [-0.2, -0.15) is 0 Å². The Morgan fingerprint density at radius 3 is 2.67 bits per heavy atom. The van der Waals surface area contributed by atoms with Crippen molar-refractivity contribution in [1.29, 1.82) is 0 Å². The summed E-state index contributed by atoms with van der Waals surface area (Å²) in [6.45, 7) is 0. The average Bonchev–Trinajstić information content (AvgIpc) is 3.19. The van der Waals surface area contributed by atoms with Gasteiger partial charge in [-0.25, -0.2) is 9.97 Å². The molecule has 0 saturated heterocycles. The molecule has 0 radical (unpaired) electrons. The van der Waals surface area contributed by atoms with Gasteiger partial charge in [0, 0.05) is 18.4 Å². The Labute approximate surface area is 104 Å². The highest BCUT2D eigenvalue weighted by atomic mass is 15.2. The molecule has 0 bridgehead atoms. The van der Waals surface area contributed by atoms with E-state index in [2.05, 4.69) is 19.5 Å². The van der Waals surface area contributed by atoms with Crippen LogP contribution in [0.5, 0.6) is 0 Å². The van der Waals surface area contributed by atoms with Crippen LogP contribution in [0.25, 0.3) is 22.7 Å². The fraction of sp³-hybridized carbons (Fsp3) is 0.214. The van der Waals surface area contributed by atoms with Crippen LogP contribution in [0.1, 0.15) is 18.9 Å². The molecule has 3 aromatic rings. The van der Waals surface area contributed by atoms with Crippen molar-refractivity contribution >= 4 is 11.2 Å². The van der Waals surface area contributed by atoms with Crippen molar-refractivity contribution in [3.8, 4) is 11.5 Å². The molecule has 1 aliphatic carbocycles. The van der Waals surface area contributed by atoms with E-state index in [-0.39, 0.29) is 0 Å². The van der Waals surface area contributed by atoms with E-state index in [4.69, 9.17) is 0 Å². The van der Waals surface area contributed by atoms with E-state index in [1.165, 1.54) is 12.8 Å². The summed E-state index contributed by atoms with van der Waals surface area (Å²) in [5, 5.41) is 0. The molecular formula is C14H12N4. The summed E-state index contributed by atoms with van der Waals surface area (Å²) in [4.78, 5) is 13.5. The molecule has 0 unspecified atom stereocenters. The summed E-state index contributed by atoms with van der Waals surface area (Å²) in [7, 11) is 0. The summed E-state index contributed by atoms with van der Waals surface area (Å²) in [6, 6.07) is 10.4. The van der Waals surface area contributed by atoms with Gasteiger partial charge in [-0.05, 0) is 37.1 Å². The maximum atomic E-state index is 4.68. The monoisotopic (exact) mass is 236 g/mol. The van der Waals surface area contributed by atoms with Crippen LogP contribution in [0.4, 0.5) is 0 Å². The van der Waals surface area contributed by atoms with Gasteiger partial charge in [-0.1, -0.05) is 6.07 Å². The average molecular weight is 236 g/mol. The fourth-order valence-corrected chi connectivity index (χ4v) is 2.28. The minimum absolute atomic E-state index is 0.543. The van der Waals surface area contributed by atoms with Gasteiger partial charge in [0.15, 0.2) is 11.5 Å². The quantitative estimate of drug-likeness (QED) is 0.687. The Morgan fingerprint density at radius 2 is 1.89 bits per heavy atom. The van der Waals surface area contributed by atoms with Gasteiger partial charge >= 0.3 is 0 Å². The van der Waals surface area contributed by atoms with Crippen LogP contribution in [-0.4, -0.2) is 19.5 Å². The van der Waals surface area contributed by atoms with E-state index in [1.54, 1.807) is 6.20 Å². The van der Waals surface area contributed by atoms with Crippen LogP contribution < -0.4 is 0 Å². The number of hydrogen-bond donors (Lipinski definition) is 0. The number of aromatic nitrogens is 4. The molecule has 18 heavy (non-hydrogen) atoms. The first-order valence-corrected chi connectivity index (χ1v) is 6.18. The van der Waals surface area contributed by atoms with Crippen molar-refractivity contribution in [2.45, 2.75) is 18.9 Å². The van der Waals surface area contributed by atoms with E-state index in [0.29, 0.717) is 6.04 Å². The summed E-state index contributed by atoms with van der Waals surface area (Å²) < 4.78 is 2.23. The zero-order valence-corrected chi connectivity index (χ0v) is 9.82. The predicted molar refractivity (Wildman–Crippen MR) is 69.0 cm³/mol. The minimum Gasteiger partial charge on any atom is -0.304 e. The standard InChI is InChI=1S/C14H12N4/c1-2-8-15-11(4-1)14-17-12-5-3-9-16-13(12)18(14)10-6-7-10/h1-5,8-10H,6-7H2. The number of imidazole rings is 1. The Hall–Kier alpha value is -2.23. The zero-order chi connectivity index (χ0) is 11.9. The third-order valence-corrected chi connectivity index (χ3v) is 3.25. The second-order valence-corrected chi connectivity index (χ2v) is 4.60. The van der Waals surface area contributed by atoms with Crippen molar-refractivity contribution in [2.75, 3.05) is 0 Å². The molecule has 0 spiro atoms. The first-order chi connectivity index (χ1) is 8.93. The summed E-state index contributed by atoms with van der Waals surface area (Å²) in [5.41, 5.74) is 2.84. The lowest BCUT2D eigenvalue weighted by molar-refractivity contribution is 0.764. The molecule has 1 fully saturated rings. The second-order valence-electron chi connectivity index (χ2n) is 4.60. The maximum absolute atomic E-state index is 4.68. The molecule has 4 heteroatoms. The van der Waals surface area contributed by atoms with Gasteiger partial charge in [-0.3, -0.25) is 4.98 Å². The summed E-state index contributed by atoms with van der Waals surface area (Å²) in [6.07, 6.45) is 6.05. The van der Waals surface area contributed by atoms with Gasteiger partial charge < -0.3 is 4.57 Å². The molecule has 3 heterocycles. The predicted octanol–water partition coefficient (Wildman–Crippen LogP) is 2.83. The Kier molecular flexibility index (Phi) is 1.97. The highest BCUT2D eigenvalue weighted by Crippen LogP contribution is 2.40. The lowest BCUT2D eigenvalue weighted by atomic mass is 10.3. The van der Waals surface area contributed by atoms with Gasteiger partial charge in [0.25, 0.3) is 0 Å². The molecule has 0 N–H and O–H groups in total. The van der Waals surface area contributed by atoms with Gasteiger partial charge in [0.05, 0.1) is 0 Å². The zero-order valence-electron chi connectivity index (χ0n) is 9.82. The highest BCUT2D eigenvalue weighted by Gasteiger charge is 2.29. The lowest BCUT2D eigenvalue weighted by Crippen LogP contribution is -1.99. The van der Waals surface area contributed by atoms with E-state index in [0.717, 1.165) is 22.7 Å². The number of nitrogens with zero attached hydrogens (tertiary/aromatic N) is 4. The Bertz CT molecular complexity index is 698. The molecule has 4 rings (SSSR count). The van der Waals surface area contributed by atoms with Gasteiger partial charge in [-0.15, -0.1) is 0 Å². The molecule has 0 amide bonds. The number of rotatable bonds is 2. The summed E-state index contributed by atoms with van der Waals surface area (Å²) >= 11 is 0. The molecule has 1 saturated carbocycles. The van der Waals surface area contributed by atoms with Crippen molar-refractivity contribution in [2.24, 2.45) is 0 Å². The Balaban J connectivity index is 2.02. The topological polar surface area (TPSA) is 43.6 Å².